The van der Waals surface area contributed by atoms with Gasteiger partial charge in [0.1, 0.15) is 11.5 Å². The average Bonchev–Trinajstić information content (AvgIpc) is 2.99. The van der Waals surface area contributed by atoms with Crippen LogP contribution in [0.2, 0.25) is 0 Å². The van der Waals surface area contributed by atoms with Crippen LogP contribution >= 0.6 is 0 Å². The summed E-state index contributed by atoms with van der Waals surface area (Å²) in [4.78, 5) is 15.8. The Labute approximate surface area is 121 Å². The van der Waals surface area contributed by atoms with Gasteiger partial charge in [0.25, 0.3) is 0 Å². The van der Waals surface area contributed by atoms with Crippen LogP contribution in [0.1, 0.15) is 12.0 Å². The second-order valence-corrected chi connectivity index (χ2v) is 4.62. The van der Waals surface area contributed by atoms with Gasteiger partial charge in [-0.3, -0.25) is 0 Å². The summed E-state index contributed by atoms with van der Waals surface area (Å²) in [6.45, 7) is 0. The Balaban J connectivity index is 1.77. The normalized spacial score (nSPS) is 17.0. The lowest BCUT2D eigenvalue weighted by Gasteiger charge is -2.07. The summed E-state index contributed by atoms with van der Waals surface area (Å²) >= 11 is 0. The van der Waals surface area contributed by atoms with Crippen molar-refractivity contribution in [3.8, 4) is 11.5 Å². The molecule has 0 unspecified atom stereocenters. The molecule has 3 rings (SSSR count). The average molecular weight is 283 g/mol. The lowest BCUT2D eigenvalue weighted by Crippen LogP contribution is -2.19. The number of ether oxygens (including phenoxy) is 1. The Morgan fingerprint density at radius 2 is 1.90 bits per heavy atom. The molecule has 1 heterocycles. The van der Waals surface area contributed by atoms with Gasteiger partial charge in [0.05, 0.1) is 5.71 Å². The molecule has 1 atom stereocenters. The fraction of sp³-hybridized carbons (Fsp3) is 0.125. The molecule has 5 heteroatoms. The molecule has 1 N–H and O–H groups in total. The Morgan fingerprint density at radius 3 is 2.62 bits per heavy atom. The molecule has 0 spiro atoms. The molecule has 0 aliphatic carbocycles. The first kappa shape index (κ1) is 13.2. The van der Waals surface area contributed by atoms with Crippen LogP contribution < -0.4 is 4.74 Å². The number of oxime groups is 1. The maximum atomic E-state index is 10.9. The van der Waals surface area contributed by atoms with Gasteiger partial charge in [-0.1, -0.05) is 35.5 Å². The topological polar surface area (TPSA) is 68.1 Å². The Morgan fingerprint density at radius 1 is 1.14 bits per heavy atom. The largest absolute Gasteiger partial charge is 0.478 e. The summed E-state index contributed by atoms with van der Waals surface area (Å²) in [5, 5.41) is 12.7. The second kappa shape index (κ2) is 5.66. The van der Waals surface area contributed by atoms with E-state index in [2.05, 4.69) is 5.16 Å². The summed E-state index contributed by atoms with van der Waals surface area (Å²) < 4.78 is 5.74. The number of nitrogens with zero attached hydrogens (tertiary/aromatic N) is 1. The van der Waals surface area contributed by atoms with E-state index in [1.165, 1.54) is 0 Å². The van der Waals surface area contributed by atoms with Gasteiger partial charge in [-0.2, -0.15) is 0 Å². The lowest BCUT2D eigenvalue weighted by atomic mass is 10.0. The number of rotatable bonds is 4. The van der Waals surface area contributed by atoms with E-state index < -0.39 is 12.1 Å². The van der Waals surface area contributed by atoms with E-state index in [-0.39, 0.29) is 6.42 Å². The third-order valence-electron chi connectivity index (χ3n) is 3.09. The highest BCUT2D eigenvalue weighted by molar-refractivity contribution is 6.03. The first-order valence-corrected chi connectivity index (χ1v) is 6.51. The van der Waals surface area contributed by atoms with Crippen molar-refractivity contribution in [2.45, 2.75) is 12.5 Å². The fourth-order valence-corrected chi connectivity index (χ4v) is 2.04. The number of carboxylic acids is 1. The van der Waals surface area contributed by atoms with E-state index in [4.69, 9.17) is 14.7 Å². The van der Waals surface area contributed by atoms with Crippen molar-refractivity contribution < 1.29 is 19.5 Å². The predicted octanol–water partition coefficient (Wildman–Crippen LogP) is 3.06. The standard InChI is InChI=1S/C16H13NO4/c18-16(19)15-10-14(17-21-15)11-5-4-8-13(9-11)20-12-6-2-1-3-7-12/h1-9,15H,10H2,(H,18,19)/t15-/m0/s1. The van der Waals surface area contributed by atoms with Gasteiger partial charge in [-0.15, -0.1) is 0 Å². The van der Waals surface area contributed by atoms with E-state index in [9.17, 15) is 4.79 Å². The van der Waals surface area contributed by atoms with Gasteiger partial charge in [0.15, 0.2) is 0 Å². The van der Waals surface area contributed by atoms with Crippen molar-refractivity contribution in [3.63, 3.8) is 0 Å². The molecule has 0 amide bonds. The third-order valence-corrected chi connectivity index (χ3v) is 3.09. The van der Waals surface area contributed by atoms with Gasteiger partial charge < -0.3 is 14.7 Å². The molecule has 21 heavy (non-hydrogen) atoms. The van der Waals surface area contributed by atoms with Crippen LogP contribution in [0.5, 0.6) is 11.5 Å². The van der Waals surface area contributed by atoms with Gasteiger partial charge in [-0.25, -0.2) is 4.79 Å². The van der Waals surface area contributed by atoms with Crippen LogP contribution in [0.3, 0.4) is 0 Å². The zero-order chi connectivity index (χ0) is 14.7. The summed E-state index contributed by atoms with van der Waals surface area (Å²) in [5.74, 6) is 0.397. The fourth-order valence-electron chi connectivity index (χ4n) is 2.04. The zero-order valence-corrected chi connectivity index (χ0v) is 11.1. The van der Waals surface area contributed by atoms with Gasteiger partial charge in [0, 0.05) is 12.0 Å². The number of para-hydroxylation sites is 1. The molecule has 0 fully saturated rings. The minimum atomic E-state index is -1.01. The summed E-state index contributed by atoms with van der Waals surface area (Å²) in [6, 6.07) is 16.8. The number of benzene rings is 2. The highest BCUT2D eigenvalue weighted by Crippen LogP contribution is 2.24. The second-order valence-electron chi connectivity index (χ2n) is 4.62. The van der Waals surface area contributed by atoms with Gasteiger partial charge in [0.2, 0.25) is 6.10 Å². The number of carboxylic acid groups (broad SMARTS) is 1. The number of aliphatic carboxylic acids is 1. The lowest BCUT2D eigenvalue weighted by molar-refractivity contribution is -0.148. The molecule has 2 aromatic carbocycles. The molecule has 0 aromatic heterocycles. The molecule has 106 valence electrons. The summed E-state index contributed by atoms with van der Waals surface area (Å²) in [7, 11) is 0. The Bertz CT molecular complexity index is 682. The van der Waals surface area contributed by atoms with Crippen LogP contribution in [0.25, 0.3) is 0 Å². The summed E-state index contributed by atoms with van der Waals surface area (Å²) in [5.41, 5.74) is 1.41. The predicted molar refractivity (Wildman–Crippen MR) is 76.6 cm³/mol. The van der Waals surface area contributed by atoms with Crippen molar-refractivity contribution in [2.75, 3.05) is 0 Å². The molecule has 5 nitrogen and oxygen atoms in total. The number of hydrogen-bond acceptors (Lipinski definition) is 4. The highest BCUT2D eigenvalue weighted by Gasteiger charge is 2.28. The van der Waals surface area contributed by atoms with E-state index >= 15 is 0 Å². The van der Waals surface area contributed by atoms with E-state index in [1.54, 1.807) is 0 Å². The maximum absolute atomic E-state index is 10.9. The molecule has 0 bridgehead atoms. The van der Waals surface area contributed by atoms with Crippen LogP contribution in [0.15, 0.2) is 59.8 Å². The molecule has 0 saturated carbocycles. The first-order chi connectivity index (χ1) is 10.2. The monoisotopic (exact) mass is 283 g/mol. The minimum absolute atomic E-state index is 0.254. The molecule has 1 aliphatic rings. The van der Waals surface area contributed by atoms with Crippen LogP contribution in [-0.4, -0.2) is 22.9 Å². The Hall–Kier alpha value is -2.82. The molecule has 0 radical (unpaired) electrons. The van der Waals surface area contributed by atoms with Crippen LogP contribution in [0, 0.1) is 0 Å². The molecular weight excluding hydrogens is 270 g/mol. The van der Waals surface area contributed by atoms with E-state index in [0.717, 1.165) is 11.3 Å². The number of hydrogen-bond donors (Lipinski definition) is 1. The molecule has 2 aromatic rings. The third kappa shape index (κ3) is 3.02. The minimum Gasteiger partial charge on any atom is -0.478 e. The van der Waals surface area contributed by atoms with Crippen molar-refractivity contribution >= 4 is 11.7 Å². The van der Waals surface area contributed by atoms with Gasteiger partial charge >= 0.3 is 5.97 Å². The van der Waals surface area contributed by atoms with E-state index in [1.807, 2.05) is 54.6 Å². The van der Waals surface area contributed by atoms with Crippen LogP contribution in [0.4, 0.5) is 0 Å². The molecular formula is C16H13NO4. The summed E-state index contributed by atoms with van der Waals surface area (Å²) in [6.07, 6.45) is -0.650. The number of carbonyl (C=O) groups is 1. The maximum Gasteiger partial charge on any atom is 0.348 e. The van der Waals surface area contributed by atoms with Gasteiger partial charge in [-0.05, 0) is 24.3 Å². The van der Waals surface area contributed by atoms with Crippen molar-refractivity contribution in [3.05, 3.63) is 60.2 Å². The molecule has 0 saturated heterocycles. The Kier molecular flexibility index (Phi) is 3.55. The molecule has 1 aliphatic heterocycles. The van der Waals surface area contributed by atoms with E-state index in [0.29, 0.717) is 11.5 Å². The quantitative estimate of drug-likeness (QED) is 0.936. The van der Waals surface area contributed by atoms with Crippen molar-refractivity contribution in [2.24, 2.45) is 5.16 Å². The highest BCUT2D eigenvalue weighted by atomic mass is 16.7. The van der Waals surface area contributed by atoms with Crippen molar-refractivity contribution in [1.29, 1.82) is 0 Å². The SMILES string of the molecule is O=C(O)[C@@H]1CC(c2cccc(Oc3ccccc3)c2)=NO1. The van der Waals surface area contributed by atoms with Crippen molar-refractivity contribution in [1.82, 2.24) is 0 Å². The smallest absolute Gasteiger partial charge is 0.348 e. The van der Waals surface area contributed by atoms with Crippen LogP contribution in [-0.2, 0) is 9.63 Å². The first-order valence-electron chi connectivity index (χ1n) is 6.51. The zero-order valence-electron chi connectivity index (χ0n) is 11.1.